The highest BCUT2D eigenvalue weighted by atomic mass is 35.5. The standard InChI is InChI=1S/C15H18Cl2N2O2/c16-12-2-1-11(9-13(12)17)14(10-3-5-18-6-4-10)19-7-8-21-15(19)20/h1-2,9-10,14,18H,3-8H2. The summed E-state index contributed by atoms with van der Waals surface area (Å²) in [5.41, 5.74) is 1.04. The van der Waals surface area contributed by atoms with Crippen LogP contribution in [-0.4, -0.2) is 37.2 Å². The maximum atomic E-state index is 12.0. The van der Waals surface area contributed by atoms with Gasteiger partial charge in [0, 0.05) is 0 Å². The number of cyclic esters (lactones) is 1. The number of benzene rings is 1. The minimum Gasteiger partial charge on any atom is -0.448 e. The lowest BCUT2D eigenvalue weighted by atomic mass is 9.85. The van der Waals surface area contributed by atoms with E-state index in [0.717, 1.165) is 31.5 Å². The first kappa shape index (κ1) is 14.9. The second-order valence-corrected chi connectivity index (χ2v) is 6.33. The van der Waals surface area contributed by atoms with Gasteiger partial charge in [-0.15, -0.1) is 0 Å². The summed E-state index contributed by atoms with van der Waals surface area (Å²) in [6.45, 7) is 3.05. The first-order valence-electron chi connectivity index (χ1n) is 7.26. The predicted octanol–water partition coefficient (Wildman–Crippen LogP) is 3.49. The number of carbonyl (C=O) groups excluding carboxylic acids is 1. The Labute approximate surface area is 134 Å². The molecule has 2 aliphatic rings. The summed E-state index contributed by atoms with van der Waals surface area (Å²) in [5, 5.41) is 4.43. The van der Waals surface area contributed by atoms with Crippen LogP contribution in [0.15, 0.2) is 18.2 Å². The molecule has 0 saturated carbocycles. The molecule has 114 valence electrons. The highest BCUT2D eigenvalue weighted by Crippen LogP contribution is 2.37. The van der Waals surface area contributed by atoms with Gasteiger partial charge in [-0.2, -0.15) is 0 Å². The molecule has 0 radical (unpaired) electrons. The molecular weight excluding hydrogens is 311 g/mol. The lowest BCUT2D eigenvalue weighted by Gasteiger charge is -2.36. The van der Waals surface area contributed by atoms with Gasteiger partial charge in [0.25, 0.3) is 0 Å². The first-order valence-corrected chi connectivity index (χ1v) is 8.01. The largest absolute Gasteiger partial charge is 0.448 e. The van der Waals surface area contributed by atoms with Crippen molar-refractivity contribution in [2.75, 3.05) is 26.2 Å². The third-order valence-corrected chi connectivity index (χ3v) is 4.98. The topological polar surface area (TPSA) is 41.6 Å². The Hall–Kier alpha value is -0.970. The number of amides is 1. The van der Waals surface area contributed by atoms with Gasteiger partial charge < -0.3 is 10.1 Å². The van der Waals surface area contributed by atoms with Gasteiger partial charge in [-0.1, -0.05) is 29.3 Å². The average Bonchev–Trinajstić information content (AvgIpc) is 2.90. The molecule has 2 saturated heterocycles. The molecule has 0 bridgehead atoms. The van der Waals surface area contributed by atoms with E-state index in [0.29, 0.717) is 29.1 Å². The van der Waals surface area contributed by atoms with Crippen LogP contribution in [0, 0.1) is 5.92 Å². The van der Waals surface area contributed by atoms with Crippen LogP contribution in [0.5, 0.6) is 0 Å². The van der Waals surface area contributed by atoms with Crippen LogP contribution in [0.1, 0.15) is 24.4 Å². The molecule has 1 unspecified atom stereocenters. The number of rotatable bonds is 3. The molecule has 2 fully saturated rings. The summed E-state index contributed by atoms with van der Waals surface area (Å²) in [6, 6.07) is 5.65. The van der Waals surface area contributed by atoms with E-state index in [1.807, 2.05) is 17.0 Å². The van der Waals surface area contributed by atoms with Crippen LogP contribution in [0.25, 0.3) is 0 Å². The van der Waals surface area contributed by atoms with Crippen molar-refractivity contribution in [2.24, 2.45) is 5.92 Å². The van der Waals surface area contributed by atoms with Crippen molar-refractivity contribution in [2.45, 2.75) is 18.9 Å². The SMILES string of the molecule is O=C1OCCN1C(c1ccc(Cl)c(Cl)c1)C1CCNCC1. The Morgan fingerprint density at radius 1 is 1.24 bits per heavy atom. The lowest BCUT2D eigenvalue weighted by Crippen LogP contribution is -2.39. The van der Waals surface area contributed by atoms with Crippen molar-refractivity contribution in [3.05, 3.63) is 33.8 Å². The van der Waals surface area contributed by atoms with E-state index in [9.17, 15) is 4.79 Å². The molecule has 1 atom stereocenters. The maximum Gasteiger partial charge on any atom is 0.410 e. The minimum absolute atomic E-state index is 0.0110. The molecule has 2 heterocycles. The third-order valence-electron chi connectivity index (χ3n) is 4.24. The van der Waals surface area contributed by atoms with Gasteiger partial charge in [0.2, 0.25) is 0 Å². The second kappa shape index (κ2) is 6.42. The van der Waals surface area contributed by atoms with Crippen LogP contribution < -0.4 is 5.32 Å². The fourth-order valence-corrected chi connectivity index (χ4v) is 3.53. The number of ether oxygens (including phenoxy) is 1. The quantitative estimate of drug-likeness (QED) is 0.923. The van der Waals surface area contributed by atoms with E-state index in [4.69, 9.17) is 27.9 Å². The fourth-order valence-electron chi connectivity index (χ4n) is 3.22. The van der Waals surface area contributed by atoms with Crippen LogP contribution in [-0.2, 0) is 4.74 Å². The zero-order valence-electron chi connectivity index (χ0n) is 11.6. The van der Waals surface area contributed by atoms with Crippen molar-refractivity contribution in [1.29, 1.82) is 0 Å². The molecule has 6 heteroatoms. The van der Waals surface area contributed by atoms with Crippen molar-refractivity contribution >= 4 is 29.3 Å². The van der Waals surface area contributed by atoms with Crippen molar-refractivity contribution in [1.82, 2.24) is 10.2 Å². The van der Waals surface area contributed by atoms with E-state index in [2.05, 4.69) is 5.32 Å². The van der Waals surface area contributed by atoms with Crippen LogP contribution >= 0.6 is 23.2 Å². The van der Waals surface area contributed by atoms with Gasteiger partial charge in [-0.25, -0.2) is 4.79 Å². The van der Waals surface area contributed by atoms with Crippen molar-refractivity contribution in [3.8, 4) is 0 Å². The molecule has 0 aliphatic carbocycles. The highest BCUT2D eigenvalue weighted by molar-refractivity contribution is 6.42. The maximum absolute atomic E-state index is 12.0. The van der Waals surface area contributed by atoms with Gasteiger partial charge in [-0.05, 0) is 49.5 Å². The molecule has 1 aromatic carbocycles. The average molecular weight is 329 g/mol. The summed E-state index contributed by atoms with van der Waals surface area (Å²) >= 11 is 12.2. The number of halogens is 2. The number of hydrogen-bond donors (Lipinski definition) is 1. The predicted molar refractivity (Wildman–Crippen MR) is 82.9 cm³/mol. The Bertz CT molecular complexity index is 532. The monoisotopic (exact) mass is 328 g/mol. The first-order chi connectivity index (χ1) is 10.2. The molecule has 21 heavy (non-hydrogen) atoms. The Balaban J connectivity index is 1.93. The molecule has 0 aromatic heterocycles. The van der Waals surface area contributed by atoms with Crippen LogP contribution in [0.4, 0.5) is 4.79 Å². The van der Waals surface area contributed by atoms with Crippen LogP contribution in [0.3, 0.4) is 0 Å². The summed E-state index contributed by atoms with van der Waals surface area (Å²) in [7, 11) is 0. The number of piperidine rings is 1. The summed E-state index contributed by atoms with van der Waals surface area (Å²) < 4.78 is 5.13. The number of hydrogen-bond acceptors (Lipinski definition) is 3. The van der Waals surface area contributed by atoms with E-state index >= 15 is 0 Å². The van der Waals surface area contributed by atoms with Crippen molar-refractivity contribution in [3.63, 3.8) is 0 Å². The summed E-state index contributed by atoms with van der Waals surface area (Å²) in [5.74, 6) is 0.411. The Kier molecular flexibility index (Phi) is 4.57. The zero-order chi connectivity index (χ0) is 14.8. The zero-order valence-corrected chi connectivity index (χ0v) is 13.2. The van der Waals surface area contributed by atoms with E-state index in [-0.39, 0.29) is 12.1 Å². The molecule has 0 spiro atoms. The van der Waals surface area contributed by atoms with Crippen LogP contribution in [0.2, 0.25) is 10.0 Å². The molecule has 1 aromatic rings. The second-order valence-electron chi connectivity index (χ2n) is 5.51. The summed E-state index contributed by atoms with van der Waals surface area (Å²) in [4.78, 5) is 13.8. The summed E-state index contributed by atoms with van der Waals surface area (Å²) in [6.07, 6.45) is 1.84. The number of carbonyl (C=O) groups is 1. The molecule has 2 aliphatic heterocycles. The van der Waals surface area contributed by atoms with E-state index in [1.165, 1.54) is 0 Å². The van der Waals surface area contributed by atoms with E-state index < -0.39 is 0 Å². The lowest BCUT2D eigenvalue weighted by molar-refractivity contribution is 0.125. The molecular formula is C15H18Cl2N2O2. The smallest absolute Gasteiger partial charge is 0.410 e. The Morgan fingerprint density at radius 2 is 2.00 bits per heavy atom. The molecule has 1 amide bonds. The molecule has 4 nitrogen and oxygen atoms in total. The van der Waals surface area contributed by atoms with Gasteiger partial charge in [-0.3, -0.25) is 4.90 Å². The third kappa shape index (κ3) is 3.12. The number of nitrogens with one attached hydrogen (secondary N) is 1. The van der Waals surface area contributed by atoms with Gasteiger partial charge in [0.15, 0.2) is 0 Å². The Morgan fingerprint density at radius 3 is 2.62 bits per heavy atom. The normalized spacial score (nSPS) is 21.4. The van der Waals surface area contributed by atoms with Gasteiger partial charge >= 0.3 is 6.09 Å². The molecule has 1 N–H and O–H groups in total. The fraction of sp³-hybridized carbons (Fsp3) is 0.533. The highest BCUT2D eigenvalue weighted by Gasteiger charge is 2.36. The van der Waals surface area contributed by atoms with E-state index in [1.54, 1.807) is 6.07 Å². The van der Waals surface area contributed by atoms with Gasteiger partial charge in [0.05, 0.1) is 22.6 Å². The van der Waals surface area contributed by atoms with Crippen molar-refractivity contribution < 1.29 is 9.53 Å². The number of nitrogens with zero attached hydrogens (tertiary/aromatic N) is 1. The van der Waals surface area contributed by atoms with Gasteiger partial charge in [0.1, 0.15) is 6.61 Å². The minimum atomic E-state index is -0.232. The molecule has 3 rings (SSSR count).